The molecule has 3 nitrogen and oxygen atoms in total. The monoisotopic (exact) mass is 314 g/mol. The first-order valence-electron chi connectivity index (χ1n) is 6.18. The number of alkyl halides is 1. The summed E-state index contributed by atoms with van der Waals surface area (Å²) >= 11 is 3.48. The largest absolute Gasteiger partial charge is 0.349 e. The minimum absolute atomic E-state index is 0.0731. The number of hydrogen-bond donors (Lipinski definition) is 1. The maximum atomic E-state index is 13.4. The molecule has 1 aromatic heterocycles. The summed E-state index contributed by atoms with van der Waals surface area (Å²) in [5.74, 6) is -0.471. The van der Waals surface area contributed by atoms with E-state index in [1.807, 2.05) is 0 Å². The van der Waals surface area contributed by atoms with E-state index < -0.39 is 5.82 Å². The Morgan fingerprint density at radius 2 is 2.28 bits per heavy atom. The molecule has 0 saturated heterocycles. The summed E-state index contributed by atoms with van der Waals surface area (Å²) in [6.07, 6.45) is 6.89. The maximum absolute atomic E-state index is 13.4. The molecule has 0 bridgehead atoms. The number of aromatic nitrogens is 1. The predicted octanol–water partition coefficient (Wildman–Crippen LogP) is 2.90. The van der Waals surface area contributed by atoms with Gasteiger partial charge in [0.05, 0.1) is 11.8 Å². The first-order valence-corrected chi connectivity index (χ1v) is 7.31. The highest BCUT2D eigenvalue weighted by Gasteiger charge is 2.26. The molecule has 0 radical (unpaired) electrons. The molecule has 0 aliphatic heterocycles. The quantitative estimate of drug-likeness (QED) is 0.872. The van der Waals surface area contributed by atoms with E-state index in [4.69, 9.17) is 0 Å². The Labute approximate surface area is 114 Å². The first-order chi connectivity index (χ1) is 8.72. The number of carbonyl (C=O) groups is 1. The van der Waals surface area contributed by atoms with Crippen molar-refractivity contribution in [2.75, 3.05) is 5.33 Å². The van der Waals surface area contributed by atoms with Crippen LogP contribution in [0.15, 0.2) is 18.5 Å². The van der Waals surface area contributed by atoms with Crippen molar-refractivity contribution in [1.29, 1.82) is 0 Å². The Hall–Kier alpha value is -0.970. The summed E-state index contributed by atoms with van der Waals surface area (Å²) in [5.41, 5.74) is 0.0731. The Morgan fingerprint density at radius 3 is 3.00 bits per heavy atom. The molecule has 0 aromatic carbocycles. The average molecular weight is 315 g/mol. The van der Waals surface area contributed by atoms with E-state index in [-0.39, 0.29) is 17.5 Å². The first kappa shape index (κ1) is 13.5. The molecule has 18 heavy (non-hydrogen) atoms. The van der Waals surface area contributed by atoms with Gasteiger partial charge in [-0.3, -0.25) is 9.78 Å². The van der Waals surface area contributed by atoms with Crippen LogP contribution < -0.4 is 5.32 Å². The molecule has 1 fully saturated rings. The molecule has 1 heterocycles. The van der Waals surface area contributed by atoms with Crippen LogP contribution in [0.25, 0.3) is 0 Å². The lowest BCUT2D eigenvalue weighted by molar-refractivity contribution is 0.0907. The van der Waals surface area contributed by atoms with Crippen molar-refractivity contribution in [3.05, 3.63) is 29.8 Å². The molecule has 1 aromatic rings. The third-order valence-corrected chi connectivity index (χ3v) is 4.27. The molecule has 0 spiro atoms. The zero-order valence-corrected chi connectivity index (χ0v) is 11.6. The second kappa shape index (κ2) is 6.27. The van der Waals surface area contributed by atoms with E-state index in [2.05, 4.69) is 26.2 Å². The summed E-state index contributed by atoms with van der Waals surface area (Å²) in [4.78, 5) is 15.6. The third-order valence-electron chi connectivity index (χ3n) is 3.44. The summed E-state index contributed by atoms with van der Waals surface area (Å²) in [6.45, 7) is 0. The summed E-state index contributed by atoms with van der Waals surface area (Å²) in [6, 6.07) is 1.55. The van der Waals surface area contributed by atoms with Crippen molar-refractivity contribution >= 4 is 21.8 Å². The van der Waals surface area contributed by atoms with E-state index in [9.17, 15) is 9.18 Å². The standard InChI is InChI=1S/C13H16BrFN2O/c14-7-9-3-1-2-4-12(9)17-13(18)10-5-6-16-8-11(10)15/h5-6,8-9,12H,1-4,7H2,(H,17,18). The molecular weight excluding hydrogens is 299 g/mol. The van der Waals surface area contributed by atoms with Crippen LogP contribution in [0.3, 0.4) is 0 Å². The fraction of sp³-hybridized carbons (Fsp3) is 0.538. The average Bonchev–Trinajstić information content (AvgIpc) is 2.39. The maximum Gasteiger partial charge on any atom is 0.254 e. The Kier molecular flexibility index (Phi) is 4.69. The van der Waals surface area contributed by atoms with E-state index in [0.717, 1.165) is 30.8 Å². The van der Waals surface area contributed by atoms with Crippen molar-refractivity contribution in [3.63, 3.8) is 0 Å². The fourth-order valence-corrected chi connectivity index (χ4v) is 3.16. The van der Waals surface area contributed by atoms with Crippen LogP contribution >= 0.6 is 15.9 Å². The molecule has 5 heteroatoms. The smallest absolute Gasteiger partial charge is 0.254 e. The number of nitrogens with zero attached hydrogens (tertiary/aromatic N) is 1. The normalized spacial score (nSPS) is 23.7. The highest BCUT2D eigenvalue weighted by Crippen LogP contribution is 2.26. The second-order valence-corrected chi connectivity index (χ2v) is 5.28. The highest BCUT2D eigenvalue weighted by molar-refractivity contribution is 9.09. The topological polar surface area (TPSA) is 42.0 Å². The lowest BCUT2D eigenvalue weighted by atomic mass is 9.86. The van der Waals surface area contributed by atoms with Gasteiger partial charge in [0.2, 0.25) is 0 Å². The van der Waals surface area contributed by atoms with Gasteiger partial charge in [-0.25, -0.2) is 4.39 Å². The molecule has 1 N–H and O–H groups in total. The van der Waals surface area contributed by atoms with Gasteiger partial charge in [0.25, 0.3) is 5.91 Å². The van der Waals surface area contributed by atoms with Crippen molar-refractivity contribution in [2.24, 2.45) is 5.92 Å². The molecular formula is C13H16BrFN2O. The predicted molar refractivity (Wildman–Crippen MR) is 71.2 cm³/mol. The van der Waals surface area contributed by atoms with Crippen molar-refractivity contribution in [3.8, 4) is 0 Å². The van der Waals surface area contributed by atoms with Crippen LogP contribution in [0.2, 0.25) is 0 Å². The van der Waals surface area contributed by atoms with Gasteiger partial charge in [-0.1, -0.05) is 28.8 Å². The number of carbonyl (C=O) groups excluding carboxylic acids is 1. The third kappa shape index (κ3) is 3.07. The Balaban J connectivity index is 2.04. The van der Waals surface area contributed by atoms with Crippen LogP contribution in [0.5, 0.6) is 0 Å². The van der Waals surface area contributed by atoms with Crippen molar-refractivity contribution in [2.45, 2.75) is 31.7 Å². The summed E-state index contributed by atoms with van der Waals surface area (Å²) in [5, 5.41) is 3.81. The van der Waals surface area contributed by atoms with Crippen LogP contribution in [-0.2, 0) is 0 Å². The molecule has 2 rings (SSSR count). The van der Waals surface area contributed by atoms with Gasteiger partial charge in [0.1, 0.15) is 0 Å². The molecule has 2 atom stereocenters. The van der Waals surface area contributed by atoms with Crippen molar-refractivity contribution < 1.29 is 9.18 Å². The summed E-state index contributed by atoms with van der Waals surface area (Å²) < 4.78 is 13.4. The molecule has 1 aliphatic rings. The van der Waals surface area contributed by atoms with Crippen LogP contribution in [0.1, 0.15) is 36.0 Å². The minimum atomic E-state index is -0.568. The molecule has 1 aliphatic carbocycles. The molecule has 1 amide bonds. The van der Waals surface area contributed by atoms with E-state index >= 15 is 0 Å². The van der Waals surface area contributed by atoms with E-state index in [0.29, 0.717) is 5.92 Å². The van der Waals surface area contributed by atoms with Gasteiger partial charge < -0.3 is 5.32 Å². The Morgan fingerprint density at radius 1 is 1.50 bits per heavy atom. The zero-order chi connectivity index (χ0) is 13.0. The number of rotatable bonds is 3. The fourth-order valence-electron chi connectivity index (χ4n) is 2.39. The van der Waals surface area contributed by atoms with Crippen LogP contribution in [-0.4, -0.2) is 22.3 Å². The number of hydrogen-bond acceptors (Lipinski definition) is 2. The van der Waals surface area contributed by atoms with Gasteiger partial charge in [0.15, 0.2) is 5.82 Å². The highest BCUT2D eigenvalue weighted by atomic mass is 79.9. The van der Waals surface area contributed by atoms with Gasteiger partial charge in [-0.2, -0.15) is 0 Å². The Bertz CT molecular complexity index is 427. The number of pyridine rings is 1. The second-order valence-electron chi connectivity index (χ2n) is 4.63. The van der Waals surface area contributed by atoms with E-state index in [1.54, 1.807) is 0 Å². The zero-order valence-electron chi connectivity index (χ0n) is 10.0. The molecule has 1 saturated carbocycles. The van der Waals surface area contributed by atoms with Crippen LogP contribution in [0, 0.1) is 11.7 Å². The lowest BCUT2D eigenvalue weighted by Gasteiger charge is -2.31. The van der Waals surface area contributed by atoms with Gasteiger partial charge in [0, 0.05) is 17.6 Å². The van der Waals surface area contributed by atoms with Crippen molar-refractivity contribution in [1.82, 2.24) is 10.3 Å². The number of halogens is 2. The number of amides is 1. The minimum Gasteiger partial charge on any atom is -0.349 e. The summed E-state index contributed by atoms with van der Waals surface area (Å²) in [7, 11) is 0. The van der Waals surface area contributed by atoms with E-state index in [1.165, 1.54) is 18.7 Å². The van der Waals surface area contributed by atoms with Gasteiger partial charge >= 0.3 is 0 Å². The number of nitrogens with one attached hydrogen (secondary N) is 1. The van der Waals surface area contributed by atoms with Gasteiger partial charge in [-0.15, -0.1) is 0 Å². The SMILES string of the molecule is O=C(NC1CCCCC1CBr)c1ccncc1F. The molecule has 98 valence electrons. The van der Waals surface area contributed by atoms with Gasteiger partial charge in [-0.05, 0) is 24.8 Å². The lowest BCUT2D eigenvalue weighted by Crippen LogP contribution is -2.43. The van der Waals surface area contributed by atoms with Crippen LogP contribution in [0.4, 0.5) is 4.39 Å². The molecule has 2 unspecified atom stereocenters.